The van der Waals surface area contributed by atoms with Gasteiger partial charge in [-0.25, -0.2) is 0 Å². The number of likely N-dealkylation sites (tertiary alicyclic amines) is 1. The number of hydrogen-bond donors (Lipinski definition) is 1. The molecule has 1 aromatic rings. The molecule has 1 N–H and O–H groups in total. The van der Waals surface area contributed by atoms with Crippen LogP contribution in [0.15, 0.2) is 22.8 Å². The normalized spacial score (nSPS) is 31.7. The van der Waals surface area contributed by atoms with Crippen molar-refractivity contribution in [3.8, 4) is 0 Å². The zero-order valence-corrected chi connectivity index (χ0v) is 8.98. The lowest BCUT2D eigenvalue weighted by atomic mass is 9.92. The maximum atomic E-state index is 5.42. The minimum absolute atomic E-state index is 0.740. The summed E-state index contributed by atoms with van der Waals surface area (Å²) in [5.41, 5.74) is 0. The molecule has 0 bridgehead atoms. The van der Waals surface area contributed by atoms with Crippen LogP contribution in [0.2, 0.25) is 0 Å². The van der Waals surface area contributed by atoms with Gasteiger partial charge in [0.1, 0.15) is 5.76 Å². The second kappa shape index (κ2) is 3.99. The Bertz CT molecular complexity index is 309. The summed E-state index contributed by atoms with van der Waals surface area (Å²) >= 11 is 0. The molecule has 2 aliphatic heterocycles. The molecule has 0 saturated carbocycles. The van der Waals surface area contributed by atoms with Gasteiger partial charge < -0.3 is 9.73 Å². The molecule has 15 heavy (non-hydrogen) atoms. The maximum absolute atomic E-state index is 5.42. The molecule has 3 rings (SSSR count). The second-order valence-corrected chi connectivity index (χ2v) is 4.68. The van der Waals surface area contributed by atoms with Crippen LogP contribution >= 0.6 is 0 Å². The van der Waals surface area contributed by atoms with Crippen molar-refractivity contribution in [3.63, 3.8) is 0 Å². The molecule has 3 heterocycles. The number of hydrogen-bond acceptors (Lipinski definition) is 3. The molecule has 0 aliphatic carbocycles. The lowest BCUT2D eigenvalue weighted by Gasteiger charge is -2.36. The molecule has 0 radical (unpaired) electrons. The van der Waals surface area contributed by atoms with E-state index in [1.807, 2.05) is 6.07 Å². The number of nitrogens with one attached hydrogen (secondary N) is 1. The number of furan rings is 1. The number of fused-ring (bicyclic) bond motifs is 1. The molecule has 2 fully saturated rings. The van der Waals surface area contributed by atoms with Crippen molar-refractivity contribution in [2.45, 2.75) is 25.4 Å². The van der Waals surface area contributed by atoms with E-state index in [2.05, 4.69) is 16.3 Å². The zero-order chi connectivity index (χ0) is 10.1. The Kier molecular flexibility index (Phi) is 2.51. The Hall–Kier alpha value is -0.800. The minimum Gasteiger partial charge on any atom is -0.468 e. The number of rotatable bonds is 2. The molecule has 2 saturated heterocycles. The molecule has 0 aromatic carbocycles. The number of piperidine rings is 1. The molecule has 0 amide bonds. The van der Waals surface area contributed by atoms with E-state index in [0.29, 0.717) is 0 Å². The van der Waals surface area contributed by atoms with E-state index in [1.54, 1.807) is 6.26 Å². The third-order valence-electron chi connectivity index (χ3n) is 3.73. The summed E-state index contributed by atoms with van der Waals surface area (Å²) in [7, 11) is 0. The van der Waals surface area contributed by atoms with Gasteiger partial charge in [0.2, 0.25) is 0 Å². The first-order chi connectivity index (χ1) is 7.43. The van der Waals surface area contributed by atoms with Crippen LogP contribution in [0.25, 0.3) is 0 Å². The summed E-state index contributed by atoms with van der Waals surface area (Å²) in [4.78, 5) is 2.58. The van der Waals surface area contributed by atoms with Crippen LogP contribution in [-0.4, -0.2) is 30.6 Å². The average molecular weight is 206 g/mol. The van der Waals surface area contributed by atoms with Crippen LogP contribution in [0.3, 0.4) is 0 Å². The van der Waals surface area contributed by atoms with E-state index in [9.17, 15) is 0 Å². The molecule has 1 aromatic heterocycles. The molecule has 3 nitrogen and oxygen atoms in total. The first-order valence-electron chi connectivity index (χ1n) is 5.90. The van der Waals surface area contributed by atoms with Gasteiger partial charge >= 0.3 is 0 Å². The fourth-order valence-electron chi connectivity index (χ4n) is 2.96. The van der Waals surface area contributed by atoms with Crippen molar-refractivity contribution >= 4 is 0 Å². The molecule has 0 spiro atoms. The summed E-state index contributed by atoms with van der Waals surface area (Å²) in [5, 5.41) is 3.50. The highest BCUT2D eigenvalue weighted by atomic mass is 16.3. The average Bonchev–Trinajstić information content (AvgIpc) is 2.87. The van der Waals surface area contributed by atoms with Crippen LogP contribution in [0.4, 0.5) is 0 Å². The van der Waals surface area contributed by atoms with E-state index < -0.39 is 0 Å². The van der Waals surface area contributed by atoms with E-state index in [-0.39, 0.29) is 0 Å². The van der Waals surface area contributed by atoms with Gasteiger partial charge in [0, 0.05) is 12.6 Å². The second-order valence-electron chi connectivity index (χ2n) is 4.68. The summed E-state index contributed by atoms with van der Waals surface area (Å²) in [5.74, 6) is 1.97. The topological polar surface area (TPSA) is 28.4 Å². The lowest BCUT2D eigenvalue weighted by molar-refractivity contribution is 0.109. The third-order valence-corrected chi connectivity index (χ3v) is 3.73. The fourth-order valence-corrected chi connectivity index (χ4v) is 2.96. The van der Waals surface area contributed by atoms with E-state index in [0.717, 1.165) is 30.8 Å². The highest BCUT2D eigenvalue weighted by molar-refractivity contribution is 5.00. The Morgan fingerprint density at radius 2 is 2.47 bits per heavy atom. The third kappa shape index (κ3) is 1.82. The Morgan fingerprint density at radius 1 is 1.47 bits per heavy atom. The maximum Gasteiger partial charge on any atom is 0.117 e. The van der Waals surface area contributed by atoms with Gasteiger partial charge in [0.05, 0.1) is 12.8 Å². The highest BCUT2D eigenvalue weighted by Gasteiger charge is 2.34. The van der Waals surface area contributed by atoms with Gasteiger partial charge in [-0.1, -0.05) is 0 Å². The van der Waals surface area contributed by atoms with E-state index in [1.165, 1.54) is 25.9 Å². The Balaban J connectivity index is 1.69. The van der Waals surface area contributed by atoms with Crippen molar-refractivity contribution in [1.29, 1.82) is 0 Å². The SMILES string of the molecule is c1coc(CN2CCCC3CNCC32)c1. The smallest absolute Gasteiger partial charge is 0.117 e. The summed E-state index contributed by atoms with van der Waals surface area (Å²) < 4.78 is 5.42. The number of nitrogens with zero attached hydrogens (tertiary/aromatic N) is 1. The van der Waals surface area contributed by atoms with Gasteiger partial charge in [-0.3, -0.25) is 4.90 Å². The van der Waals surface area contributed by atoms with Crippen molar-refractivity contribution in [3.05, 3.63) is 24.2 Å². The Morgan fingerprint density at radius 3 is 3.33 bits per heavy atom. The van der Waals surface area contributed by atoms with Gasteiger partial charge in [-0.15, -0.1) is 0 Å². The fraction of sp³-hybridized carbons (Fsp3) is 0.667. The molecule has 82 valence electrons. The van der Waals surface area contributed by atoms with Crippen LogP contribution in [-0.2, 0) is 6.54 Å². The monoisotopic (exact) mass is 206 g/mol. The highest BCUT2D eigenvalue weighted by Crippen LogP contribution is 2.27. The zero-order valence-electron chi connectivity index (χ0n) is 8.98. The largest absolute Gasteiger partial charge is 0.468 e. The first kappa shape index (κ1) is 9.43. The summed E-state index contributed by atoms with van der Waals surface area (Å²) in [6.45, 7) is 4.57. The van der Waals surface area contributed by atoms with Crippen LogP contribution in [0.5, 0.6) is 0 Å². The van der Waals surface area contributed by atoms with Gasteiger partial charge in [0.15, 0.2) is 0 Å². The van der Waals surface area contributed by atoms with Gasteiger partial charge in [-0.2, -0.15) is 0 Å². The van der Waals surface area contributed by atoms with Gasteiger partial charge in [-0.05, 0) is 44.0 Å². The van der Waals surface area contributed by atoms with E-state index in [4.69, 9.17) is 4.42 Å². The molecule has 3 heteroatoms. The predicted molar refractivity (Wildman–Crippen MR) is 58.5 cm³/mol. The molecule has 2 atom stereocenters. The first-order valence-corrected chi connectivity index (χ1v) is 5.90. The molecular weight excluding hydrogens is 188 g/mol. The van der Waals surface area contributed by atoms with E-state index >= 15 is 0 Å². The Labute approximate surface area is 90.4 Å². The van der Waals surface area contributed by atoms with Crippen LogP contribution in [0.1, 0.15) is 18.6 Å². The van der Waals surface area contributed by atoms with Crippen molar-refractivity contribution in [2.24, 2.45) is 5.92 Å². The van der Waals surface area contributed by atoms with Crippen molar-refractivity contribution < 1.29 is 4.42 Å². The quantitative estimate of drug-likeness (QED) is 0.794. The molecule has 2 unspecified atom stereocenters. The minimum atomic E-state index is 0.740. The van der Waals surface area contributed by atoms with Crippen LogP contribution < -0.4 is 5.32 Å². The lowest BCUT2D eigenvalue weighted by Crippen LogP contribution is -2.44. The predicted octanol–water partition coefficient (Wildman–Crippen LogP) is 1.46. The van der Waals surface area contributed by atoms with Crippen molar-refractivity contribution in [2.75, 3.05) is 19.6 Å². The summed E-state index contributed by atoms with van der Waals surface area (Å²) in [6.07, 6.45) is 4.50. The summed E-state index contributed by atoms with van der Waals surface area (Å²) in [6, 6.07) is 4.79. The van der Waals surface area contributed by atoms with Crippen molar-refractivity contribution in [1.82, 2.24) is 10.2 Å². The molecule has 2 aliphatic rings. The molecular formula is C12H18N2O. The van der Waals surface area contributed by atoms with Gasteiger partial charge in [0.25, 0.3) is 0 Å². The van der Waals surface area contributed by atoms with Crippen LogP contribution in [0, 0.1) is 5.92 Å². The standard InChI is InChI=1S/C12H18N2O/c1-3-10-7-13-8-12(10)14(5-1)9-11-4-2-6-15-11/h2,4,6,10,12-13H,1,3,5,7-9H2.